The highest BCUT2D eigenvalue weighted by atomic mass is 19.1. The van der Waals surface area contributed by atoms with Gasteiger partial charge in [0.1, 0.15) is 5.67 Å². The molecule has 8 aliphatic carbocycles. The average molecular weight is 558 g/mol. The summed E-state index contributed by atoms with van der Waals surface area (Å²) in [6, 6.07) is 8.01. The number of hydrogen-bond acceptors (Lipinski definition) is 7. The predicted octanol–water partition coefficient (Wildman–Crippen LogP) is 6.78. The quantitative estimate of drug-likeness (QED) is 0.286. The molecule has 214 valence electrons. The summed E-state index contributed by atoms with van der Waals surface area (Å²) in [6.07, 6.45) is 12.7. The molecule has 2 aromatic heterocycles. The van der Waals surface area contributed by atoms with E-state index in [2.05, 4.69) is 15.3 Å². The van der Waals surface area contributed by atoms with E-state index >= 15 is 0 Å². The Balaban J connectivity index is 0.979. The number of carbonyl (C=O) groups excluding carboxylic acids is 1. The summed E-state index contributed by atoms with van der Waals surface area (Å²) in [5.41, 5.74) is 0.614. The van der Waals surface area contributed by atoms with Crippen molar-refractivity contribution in [1.82, 2.24) is 20.3 Å². The normalized spacial score (nSPS) is 35.1. The summed E-state index contributed by atoms with van der Waals surface area (Å²) < 4.78 is 25.7. The van der Waals surface area contributed by atoms with E-state index in [0.29, 0.717) is 55.8 Å². The van der Waals surface area contributed by atoms with Crippen LogP contribution in [0.4, 0.5) is 10.1 Å². The first-order valence-electron chi connectivity index (χ1n) is 15.6. The van der Waals surface area contributed by atoms with Crippen molar-refractivity contribution in [3.63, 3.8) is 0 Å². The average Bonchev–Trinajstić information content (AvgIpc) is 3.90. The fourth-order valence-corrected chi connectivity index (χ4v) is 8.56. The van der Waals surface area contributed by atoms with Gasteiger partial charge in [0, 0.05) is 41.5 Å². The molecule has 8 fully saturated rings. The number of aromatic nitrogens is 4. The zero-order chi connectivity index (χ0) is 27.5. The van der Waals surface area contributed by atoms with Crippen LogP contribution in [0.5, 0.6) is 0 Å². The van der Waals surface area contributed by atoms with Crippen molar-refractivity contribution >= 4 is 11.6 Å². The summed E-state index contributed by atoms with van der Waals surface area (Å²) in [7, 11) is 0. The number of halogens is 1. The highest BCUT2D eigenvalue weighted by Crippen LogP contribution is 2.71. The third kappa shape index (κ3) is 4.01. The van der Waals surface area contributed by atoms with Crippen molar-refractivity contribution in [2.45, 2.75) is 113 Å². The Morgan fingerprint density at radius 2 is 1.63 bits per heavy atom. The second-order valence-corrected chi connectivity index (χ2v) is 14.6. The number of rotatable bonds is 9. The Hall–Kier alpha value is -3.10. The van der Waals surface area contributed by atoms with Crippen molar-refractivity contribution < 1.29 is 18.2 Å². The molecule has 41 heavy (non-hydrogen) atoms. The number of fused-ring (bicyclic) bond motifs is 3. The highest BCUT2D eigenvalue weighted by molar-refractivity contribution is 5.94. The van der Waals surface area contributed by atoms with E-state index in [9.17, 15) is 9.18 Å². The molecule has 8 saturated carbocycles. The Morgan fingerprint density at radius 3 is 2.32 bits per heavy atom. The molecule has 3 aromatic rings. The fourth-order valence-electron chi connectivity index (χ4n) is 8.56. The lowest BCUT2D eigenvalue weighted by molar-refractivity contribution is -0.215. The lowest BCUT2D eigenvalue weighted by Gasteiger charge is -2.66. The van der Waals surface area contributed by atoms with E-state index in [1.165, 1.54) is 12.8 Å². The fraction of sp³-hybridized carbons (Fsp3) is 0.656. The van der Waals surface area contributed by atoms with Crippen molar-refractivity contribution in [2.24, 2.45) is 10.8 Å². The molecule has 1 aromatic carbocycles. The molecule has 2 heterocycles. The van der Waals surface area contributed by atoms with E-state index in [1.807, 2.05) is 29.2 Å². The van der Waals surface area contributed by atoms with Gasteiger partial charge in [-0.05, 0) is 106 Å². The molecule has 0 N–H and O–H groups in total. The van der Waals surface area contributed by atoms with Crippen molar-refractivity contribution in [3.05, 3.63) is 41.9 Å². The minimum Gasteiger partial charge on any atom is -0.339 e. The van der Waals surface area contributed by atoms with Crippen LogP contribution in [-0.2, 0) is 10.2 Å². The van der Waals surface area contributed by atoms with Crippen LogP contribution in [0.15, 0.2) is 33.3 Å². The second kappa shape index (κ2) is 8.26. The topological polar surface area (TPSA) is 98.2 Å². The van der Waals surface area contributed by atoms with Gasteiger partial charge >= 0.3 is 0 Å². The van der Waals surface area contributed by atoms with Crippen molar-refractivity contribution in [1.29, 1.82) is 0 Å². The Labute approximate surface area is 238 Å². The van der Waals surface area contributed by atoms with Gasteiger partial charge in [-0.1, -0.05) is 22.4 Å². The maximum atomic E-state index is 14.3. The van der Waals surface area contributed by atoms with Gasteiger partial charge in [0.05, 0.1) is 0 Å². The first-order valence-corrected chi connectivity index (χ1v) is 15.6. The van der Waals surface area contributed by atoms with Crippen LogP contribution in [-0.4, -0.2) is 38.4 Å². The number of benzene rings is 1. The molecule has 4 bridgehead atoms. The molecule has 0 radical (unpaired) electrons. The SMILES string of the molecule is O=C(CC12CC(F)(C1)C2)N(CC12CCC(c3nc(C4CC4)no3)(CC1)CC2)c1cccc(-c2noc(C3CC3)n2)c1. The zero-order valence-corrected chi connectivity index (χ0v) is 23.4. The number of anilines is 1. The molecular weight excluding hydrogens is 521 g/mol. The Kier molecular flexibility index (Phi) is 4.93. The van der Waals surface area contributed by atoms with Gasteiger partial charge in [0.25, 0.3) is 0 Å². The molecule has 0 aliphatic heterocycles. The molecule has 1 amide bonds. The summed E-state index contributed by atoms with van der Waals surface area (Å²) in [4.78, 5) is 25.6. The molecular formula is C32H36FN5O3. The Bertz CT molecular complexity index is 1490. The van der Waals surface area contributed by atoms with Crippen LogP contribution >= 0.6 is 0 Å². The zero-order valence-electron chi connectivity index (χ0n) is 23.4. The van der Waals surface area contributed by atoms with Gasteiger partial charge in [0.2, 0.25) is 23.5 Å². The molecule has 8 aliphatic rings. The Morgan fingerprint density at radius 1 is 0.902 bits per heavy atom. The van der Waals surface area contributed by atoms with E-state index in [1.54, 1.807) is 0 Å². The van der Waals surface area contributed by atoms with Crippen LogP contribution in [0.25, 0.3) is 11.4 Å². The maximum absolute atomic E-state index is 14.3. The summed E-state index contributed by atoms with van der Waals surface area (Å²) in [5.74, 6) is 4.00. The van der Waals surface area contributed by atoms with Crippen LogP contribution < -0.4 is 4.90 Å². The van der Waals surface area contributed by atoms with E-state index in [0.717, 1.165) is 74.3 Å². The molecule has 11 rings (SSSR count). The van der Waals surface area contributed by atoms with Crippen LogP contribution in [0, 0.1) is 10.8 Å². The van der Waals surface area contributed by atoms with Crippen LogP contribution in [0.3, 0.4) is 0 Å². The smallest absolute Gasteiger partial charge is 0.232 e. The largest absolute Gasteiger partial charge is 0.339 e. The molecule has 9 heteroatoms. The van der Waals surface area contributed by atoms with E-state index < -0.39 is 5.67 Å². The third-order valence-corrected chi connectivity index (χ3v) is 11.4. The van der Waals surface area contributed by atoms with E-state index in [-0.39, 0.29) is 22.2 Å². The minimum absolute atomic E-state index is 0.0180. The highest BCUT2D eigenvalue weighted by Gasteiger charge is 2.69. The molecule has 0 saturated heterocycles. The van der Waals surface area contributed by atoms with Crippen molar-refractivity contribution in [2.75, 3.05) is 11.4 Å². The monoisotopic (exact) mass is 557 g/mol. The van der Waals surface area contributed by atoms with Crippen LogP contribution in [0.2, 0.25) is 0 Å². The maximum Gasteiger partial charge on any atom is 0.232 e. The number of amides is 1. The van der Waals surface area contributed by atoms with Crippen molar-refractivity contribution in [3.8, 4) is 11.4 Å². The molecule has 0 atom stereocenters. The number of nitrogens with zero attached hydrogens (tertiary/aromatic N) is 5. The summed E-state index contributed by atoms with van der Waals surface area (Å²) >= 11 is 0. The molecule has 0 spiro atoms. The van der Waals surface area contributed by atoms with Gasteiger partial charge in [-0.25, -0.2) is 4.39 Å². The van der Waals surface area contributed by atoms with E-state index in [4.69, 9.17) is 14.0 Å². The first kappa shape index (κ1) is 24.5. The lowest BCUT2D eigenvalue weighted by atomic mass is 9.41. The lowest BCUT2D eigenvalue weighted by Crippen LogP contribution is -2.65. The van der Waals surface area contributed by atoms with Gasteiger partial charge in [-0.15, -0.1) is 0 Å². The molecule has 8 nitrogen and oxygen atoms in total. The van der Waals surface area contributed by atoms with Gasteiger partial charge in [-0.3, -0.25) is 4.79 Å². The first-order chi connectivity index (χ1) is 19.8. The minimum atomic E-state index is -1.01. The van der Waals surface area contributed by atoms with Crippen LogP contribution in [0.1, 0.15) is 119 Å². The summed E-state index contributed by atoms with van der Waals surface area (Å²) in [5, 5.41) is 8.56. The molecule has 0 unspecified atom stereocenters. The standard InChI is InChI=1S/C32H36FN5O3/c33-32-16-30(17-32,18-32)15-24(39)38(23-3-1-2-22(14-23)26-34-27(40-36-26)21-6-7-21)19-29-8-11-31(12-9-29,13-10-29)28-35-25(37-41-28)20-4-5-20/h1-3,14,20-21H,4-13,15-19H2. The number of carbonyl (C=O) groups is 1. The second-order valence-electron chi connectivity index (χ2n) is 14.6. The predicted molar refractivity (Wildman–Crippen MR) is 147 cm³/mol. The van der Waals surface area contributed by atoms with Gasteiger partial charge in [0.15, 0.2) is 5.82 Å². The summed E-state index contributed by atoms with van der Waals surface area (Å²) in [6.45, 7) is 0.680. The third-order valence-electron chi connectivity index (χ3n) is 11.4. The van der Waals surface area contributed by atoms with Gasteiger partial charge in [-0.2, -0.15) is 9.97 Å². The number of alkyl halides is 1. The van der Waals surface area contributed by atoms with Gasteiger partial charge < -0.3 is 13.9 Å². The number of hydrogen-bond donors (Lipinski definition) is 0.